The highest BCUT2D eigenvalue weighted by atomic mass is 14.4. The van der Waals surface area contributed by atoms with Crippen LogP contribution < -0.4 is 0 Å². The van der Waals surface area contributed by atoms with Crippen LogP contribution in [0, 0.1) is 0 Å². The zero-order valence-corrected chi connectivity index (χ0v) is 30.6. The third-order valence-corrected chi connectivity index (χ3v) is 12.1. The van der Waals surface area contributed by atoms with Crippen LogP contribution in [0.15, 0.2) is 212 Å². The molecule has 0 heterocycles. The van der Waals surface area contributed by atoms with Crippen LogP contribution in [-0.2, 0) is 0 Å². The predicted molar refractivity (Wildman–Crippen MR) is 239 cm³/mol. The van der Waals surface area contributed by atoms with Crippen LogP contribution in [0.25, 0.3) is 81.7 Å². The second-order valence-electron chi connectivity index (χ2n) is 15.1. The number of rotatable bonds is 4. The number of allylic oxidation sites excluding steroid dienone is 5. The minimum absolute atomic E-state index is 1.22. The number of hydrogen-bond donors (Lipinski definition) is 0. The number of hydrogen-bond acceptors (Lipinski definition) is 0. The van der Waals surface area contributed by atoms with Crippen molar-refractivity contribution in [1.82, 2.24) is 0 Å². The van der Waals surface area contributed by atoms with Gasteiger partial charge < -0.3 is 0 Å². The molecular weight excluding hydrogens is 673 g/mol. The Hall–Kier alpha value is -7.28. The summed E-state index contributed by atoms with van der Waals surface area (Å²) in [5, 5.41) is 12.8. The van der Waals surface area contributed by atoms with Gasteiger partial charge in [0.1, 0.15) is 0 Å². The molecule has 0 radical (unpaired) electrons. The first kappa shape index (κ1) is 31.1. The maximum atomic E-state index is 2.53. The molecule has 0 spiro atoms. The zero-order chi connectivity index (χ0) is 36.7. The Morgan fingerprint density at radius 2 is 0.554 bits per heavy atom. The summed E-state index contributed by atoms with van der Waals surface area (Å²) >= 11 is 0. The molecule has 0 bridgehead atoms. The molecule has 10 aromatic rings. The molecule has 10 aromatic carbocycles. The monoisotopic (exact) mass is 706 g/mol. The van der Waals surface area contributed by atoms with Crippen molar-refractivity contribution in [3.8, 4) is 0 Å². The normalized spacial score (nSPS) is 13.9. The number of fused-ring (bicyclic) bond motifs is 12. The second-order valence-corrected chi connectivity index (χ2v) is 15.1. The molecule has 0 saturated carbocycles. The minimum atomic E-state index is 1.22. The van der Waals surface area contributed by atoms with E-state index in [2.05, 4.69) is 206 Å². The fraction of sp³-hybridized carbons (Fsp3) is 0. The quantitative estimate of drug-likeness (QED) is 0.160. The Morgan fingerprint density at radius 1 is 0.179 bits per heavy atom. The zero-order valence-electron chi connectivity index (χ0n) is 30.6. The molecule has 0 fully saturated rings. The Kier molecular flexibility index (Phi) is 6.73. The average molecular weight is 707 g/mol. The lowest BCUT2D eigenvalue weighted by molar-refractivity contribution is 1.56. The minimum Gasteiger partial charge on any atom is -0.0622 e. The molecule has 0 unspecified atom stereocenters. The summed E-state index contributed by atoms with van der Waals surface area (Å²) in [5.41, 5.74) is 15.3. The van der Waals surface area contributed by atoms with Crippen LogP contribution in [0.4, 0.5) is 0 Å². The number of benzene rings is 10. The van der Waals surface area contributed by atoms with Crippen molar-refractivity contribution in [3.63, 3.8) is 0 Å². The molecule has 0 aromatic heterocycles. The molecule has 2 aliphatic rings. The lowest BCUT2D eigenvalue weighted by atomic mass is 9.85. The first-order chi connectivity index (χ1) is 27.8. The molecule has 2 aliphatic carbocycles. The molecule has 0 nitrogen and oxygen atoms in total. The maximum absolute atomic E-state index is 2.53. The molecular formula is C56H34. The average Bonchev–Trinajstić information content (AvgIpc) is 3.79. The summed E-state index contributed by atoms with van der Waals surface area (Å²) in [7, 11) is 0. The highest BCUT2D eigenvalue weighted by molar-refractivity contribution is 6.40. The van der Waals surface area contributed by atoms with Crippen molar-refractivity contribution in [3.05, 3.63) is 245 Å². The topological polar surface area (TPSA) is 0 Å². The van der Waals surface area contributed by atoms with Crippen LogP contribution in [0.2, 0.25) is 0 Å². The molecule has 258 valence electrons. The van der Waals surface area contributed by atoms with Gasteiger partial charge in [-0.25, -0.2) is 0 Å². The third-order valence-electron chi connectivity index (χ3n) is 12.1. The molecule has 0 N–H and O–H groups in total. The van der Waals surface area contributed by atoms with Gasteiger partial charge in [-0.15, -0.1) is 0 Å². The summed E-state index contributed by atoms with van der Waals surface area (Å²) in [6.07, 6.45) is 0. The van der Waals surface area contributed by atoms with Crippen LogP contribution in [0.1, 0.15) is 33.4 Å². The van der Waals surface area contributed by atoms with Gasteiger partial charge in [-0.2, -0.15) is 0 Å². The van der Waals surface area contributed by atoms with Crippen LogP contribution in [0.3, 0.4) is 0 Å². The van der Waals surface area contributed by atoms with E-state index in [9.17, 15) is 0 Å². The van der Waals surface area contributed by atoms with E-state index >= 15 is 0 Å². The van der Waals surface area contributed by atoms with Crippen LogP contribution in [0.5, 0.6) is 0 Å². The lowest BCUT2D eigenvalue weighted by Gasteiger charge is -2.18. The Bertz CT molecular complexity index is 3360. The first-order valence-electron chi connectivity index (χ1n) is 19.5. The summed E-state index contributed by atoms with van der Waals surface area (Å²) < 4.78 is 0. The first-order valence-corrected chi connectivity index (χ1v) is 19.5. The van der Waals surface area contributed by atoms with Crippen molar-refractivity contribution < 1.29 is 0 Å². The summed E-state index contributed by atoms with van der Waals surface area (Å²) in [4.78, 5) is 0. The van der Waals surface area contributed by atoms with Gasteiger partial charge in [0.2, 0.25) is 0 Å². The standard InChI is InChI=1S/C56H34/c1-4-17-37(18-5-1)51-49-33-47-44-26-14-12-24-42(44)43-25-13-15-27-45(43)48(47)34-50(49)55-54(40-31-30-36-29-28-35-16-10-11-23-41(35)46(36)32-40)52(38-19-6-2-7-20-38)53(56(51)55)39-21-8-3-9-22-39/h1-34H. The lowest BCUT2D eigenvalue weighted by Crippen LogP contribution is -1.96. The van der Waals surface area contributed by atoms with E-state index in [1.165, 1.54) is 121 Å². The highest BCUT2D eigenvalue weighted by Gasteiger charge is 2.40. The fourth-order valence-electron chi connectivity index (χ4n) is 9.78. The van der Waals surface area contributed by atoms with Crippen molar-refractivity contribution in [2.75, 3.05) is 0 Å². The van der Waals surface area contributed by atoms with E-state index in [1.807, 2.05) is 0 Å². The van der Waals surface area contributed by atoms with Gasteiger partial charge in [0.15, 0.2) is 0 Å². The van der Waals surface area contributed by atoms with Gasteiger partial charge >= 0.3 is 0 Å². The van der Waals surface area contributed by atoms with Gasteiger partial charge in [0.05, 0.1) is 0 Å². The summed E-state index contributed by atoms with van der Waals surface area (Å²) in [6.45, 7) is 0. The Morgan fingerprint density at radius 3 is 1.11 bits per heavy atom. The van der Waals surface area contributed by atoms with Gasteiger partial charge in [-0.1, -0.05) is 188 Å². The third kappa shape index (κ3) is 4.48. The van der Waals surface area contributed by atoms with Gasteiger partial charge in [-0.3, -0.25) is 0 Å². The Labute approximate surface area is 325 Å². The molecule has 0 amide bonds. The summed E-state index contributed by atoms with van der Waals surface area (Å²) in [6, 6.07) is 76.6. The van der Waals surface area contributed by atoms with Crippen LogP contribution >= 0.6 is 0 Å². The van der Waals surface area contributed by atoms with Crippen LogP contribution in [-0.4, -0.2) is 0 Å². The van der Waals surface area contributed by atoms with E-state index in [1.54, 1.807) is 0 Å². The van der Waals surface area contributed by atoms with E-state index in [0.29, 0.717) is 0 Å². The van der Waals surface area contributed by atoms with Crippen molar-refractivity contribution >= 4 is 81.7 Å². The van der Waals surface area contributed by atoms with Crippen molar-refractivity contribution in [2.24, 2.45) is 0 Å². The second kappa shape index (κ2) is 12.1. The molecule has 56 heavy (non-hydrogen) atoms. The van der Waals surface area contributed by atoms with E-state index in [-0.39, 0.29) is 0 Å². The van der Waals surface area contributed by atoms with Gasteiger partial charge in [0, 0.05) is 0 Å². The van der Waals surface area contributed by atoms with Gasteiger partial charge in [-0.05, 0) is 139 Å². The molecule has 0 aliphatic heterocycles. The molecule has 12 rings (SSSR count). The SMILES string of the molecule is c1ccc(C2=C(c3ccccc3)C(c3ccc4ccc5ccccc5c4c3)=C3C2=C(c2ccccc2)c2cc4c5ccccc5c5ccccc5c4cc23)cc1. The van der Waals surface area contributed by atoms with E-state index < -0.39 is 0 Å². The molecule has 0 atom stereocenters. The van der Waals surface area contributed by atoms with E-state index in [4.69, 9.17) is 0 Å². The summed E-state index contributed by atoms with van der Waals surface area (Å²) in [5.74, 6) is 0. The van der Waals surface area contributed by atoms with Crippen molar-refractivity contribution in [1.29, 1.82) is 0 Å². The van der Waals surface area contributed by atoms with Crippen molar-refractivity contribution in [2.45, 2.75) is 0 Å². The largest absolute Gasteiger partial charge is 0.0622 e. The molecule has 0 heteroatoms. The predicted octanol–water partition coefficient (Wildman–Crippen LogP) is 14.8. The fourth-order valence-corrected chi connectivity index (χ4v) is 9.78. The van der Waals surface area contributed by atoms with Gasteiger partial charge in [0.25, 0.3) is 0 Å². The maximum Gasteiger partial charge on any atom is -0.000137 e. The Balaban J connectivity index is 1.30. The smallest absolute Gasteiger partial charge is 0.000137 e. The molecule has 0 saturated heterocycles. The highest BCUT2D eigenvalue weighted by Crippen LogP contribution is 2.62. The van der Waals surface area contributed by atoms with E-state index in [0.717, 1.165) is 0 Å².